The Labute approximate surface area is 148 Å². The van der Waals surface area contributed by atoms with Gasteiger partial charge in [-0.3, -0.25) is 9.98 Å². The van der Waals surface area contributed by atoms with Crippen LogP contribution < -0.4 is 15.4 Å². The van der Waals surface area contributed by atoms with Crippen molar-refractivity contribution >= 4 is 5.96 Å². The van der Waals surface area contributed by atoms with Crippen LogP contribution in [0.2, 0.25) is 0 Å². The average molecular weight is 345 g/mol. The van der Waals surface area contributed by atoms with E-state index in [2.05, 4.69) is 37.7 Å². The van der Waals surface area contributed by atoms with E-state index in [9.17, 15) is 0 Å². The van der Waals surface area contributed by atoms with Crippen LogP contribution >= 0.6 is 0 Å². The molecule has 8 nitrogen and oxygen atoms in total. The van der Waals surface area contributed by atoms with E-state index in [0.717, 1.165) is 53.9 Å². The van der Waals surface area contributed by atoms with E-state index in [1.165, 1.54) is 0 Å². The fourth-order valence-electron chi connectivity index (χ4n) is 2.67. The number of ether oxygens (including phenoxy) is 1. The number of rotatable bonds is 7. The molecule has 0 saturated carbocycles. The Morgan fingerprint density at radius 1 is 1.32 bits per heavy atom. The summed E-state index contributed by atoms with van der Waals surface area (Å²) in [6, 6.07) is 0. The van der Waals surface area contributed by atoms with Crippen LogP contribution in [-0.2, 0) is 19.5 Å². The number of methoxy groups -OCH3 is 1. The summed E-state index contributed by atoms with van der Waals surface area (Å²) in [4.78, 5) is 8.74. The Hall–Kier alpha value is -2.64. The number of aryl methyl sites for hydroxylation is 2. The predicted octanol–water partition coefficient (Wildman–Crippen LogP) is 1.23. The van der Waals surface area contributed by atoms with Gasteiger partial charge in [0, 0.05) is 43.9 Å². The third kappa shape index (κ3) is 4.68. The topological polar surface area (TPSA) is 89.2 Å². The van der Waals surface area contributed by atoms with E-state index < -0.39 is 0 Å². The first-order chi connectivity index (χ1) is 12.1. The Morgan fingerprint density at radius 2 is 2.12 bits per heavy atom. The second-order valence-electron chi connectivity index (χ2n) is 5.69. The van der Waals surface area contributed by atoms with E-state index in [4.69, 9.17) is 4.74 Å². The zero-order chi connectivity index (χ0) is 18.2. The molecule has 0 radical (unpaired) electrons. The molecule has 2 heterocycles. The van der Waals surface area contributed by atoms with Crippen molar-refractivity contribution in [2.24, 2.45) is 4.99 Å². The fourth-order valence-corrected chi connectivity index (χ4v) is 2.67. The lowest BCUT2D eigenvalue weighted by molar-refractivity contribution is 0.406. The average Bonchev–Trinajstić information content (AvgIpc) is 3.07. The number of hydrogen-bond acceptors (Lipinski definition) is 5. The fraction of sp³-hybridized carbons (Fsp3) is 0.529. The van der Waals surface area contributed by atoms with Crippen molar-refractivity contribution in [3.05, 3.63) is 35.2 Å². The summed E-state index contributed by atoms with van der Waals surface area (Å²) in [6.45, 7) is 8.17. The van der Waals surface area contributed by atoms with Gasteiger partial charge in [-0.25, -0.2) is 0 Å². The molecule has 25 heavy (non-hydrogen) atoms. The molecule has 2 rings (SSSR count). The lowest BCUT2D eigenvalue weighted by Gasteiger charge is -2.15. The molecule has 0 aliphatic heterocycles. The van der Waals surface area contributed by atoms with Gasteiger partial charge >= 0.3 is 0 Å². The molecule has 0 bridgehead atoms. The van der Waals surface area contributed by atoms with Crippen LogP contribution in [-0.4, -0.2) is 46.4 Å². The summed E-state index contributed by atoms with van der Waals surface area (Å²) in [5.41, 5.74) is 3.02. The maximum Gasteiger partial charge on any atom is 0.191 e. The quantitative estimate of drug-likeness (QED) is 0.579. The minimum atomic E-state index is 0.578. The molecule has 136 valence electrons. The van der Waals surface area contributed by atoms with Gasteiger partial charge in [-0.05, 0) is 13.8 Å². The van der Waals surface area contributed by atoms with Gasteiger partial charge in [0.15, 0.2) is 5.96 Å². The van der Waals surface area contributed by atoms with Crippen LogP contribution in [0.15, 0.2) is 17.5 Å². The van der Waals surface area contributed by atoms with Gasteiger partial charge in [0.25, 0.3) is 0 Å². The molecule has 8 heteroatoms. The normalized spacial score (nSPS) is 11.5. The number of guanidine groups is 1. The molecule has 2 aromatic rings. The summed E-state index contributed by atoms with van der Waals surface area (Å²) in [7, 11) is 3.43. The van der Waals surface area contributed by atoms with Crippen molar-refractivity contribution in [2.45, 2.75) is 40.3 Å². The van der Waals surface area contributed by atoms with Gasteiger partial charge in [0.05, 0.1) is 19.3 Å². The van der Waals surface area contributed by atoms with Crippen molar-refractivity contribution in [1.82, 2.24) is 30.4 Å². The Morgan fingerprint density at radius 3 is 2.80 bits per heavy atom. The maximum absolute atomic E-state index is 5.45. The Kier molecular flexibility index (Phi) is 6.73. The molecule has 0 amide bonds. The van der Waals surface area contributed by atoms with Crippen molar-refractivity contribution in [3.63, 3.8) is 0 Å². The van der Waals surface area contributed by atoms with E-state index in [-0.39, 0.29) is 0 Å². The third-order valence-corrected chi connectivity index (χ3v) is 4.05. The highest BCUT2D eigenvalue weighted by Gasteiger charge is 2.10. The van der Waals surface area contributed by atoms with Gasteiger partial charge in [0.1, 0.15) is 17.9 Å². The predicted molar refractivity (Wildman–Crippen MR) is 97.9 cm³/mol. The van der Waals surface area contributed by atoms with Crippen molar-refractivity contribution < 1.29 is 4.74 Å². The van der Waals surface area contributed by atoms with Crippen molar-refractivity contribution in [1.29, 1.82) is 0 Å². The van der Waals surface area contributed by atoms with Crippen LogP contribution in [0.5, 0.6) is 5.75 Å². The first kappa shape index (κ1) is 18.7. The molecule has 0 atom stereocenters. The summed E-state index contributed by atoms with van der Waals surface area (Å²) >= 11 is 0. The number of hydrogen-bond donors (Lipinski definition) is 2. The maximum atomic E-state index is 5.45. The molecule has 0 aliphatic rings. The van der Waals surface area contributed by atoms with Crippen molar-refractivity contribution in [3.8, 4) is 5.75 Å². The number of nitrogens with zero attached hydrogens (tertiary/aromatic N) is 5. The monoisotopic (exact) mass is 345 g/mol. The highest BCUT2D eigenvalue weighted by molar-refractivity contribution is 5.79. The SMILES string of the molecule is CCc1nncn1CCNC(=NC)NCc1ncc(C)c(OC)c1C. The first-order valence-corrected chi connectivity index (χ1v) is 8.40. The standard InChI is InChI=1S/C17H27N7O/c1-6-15-23-22-11-24(15)8-7-19-17(18-4)21-10-14-13(3)16(25-5)12(2)9-20-14/h9,11H,6-8,10H2,1-5H3,(H2,18,19,21). The van der Waals surface area contributed by atoms with Crippen molar-refractivity contribution in [2.75, 3.05) is 20.7 Å². The van der Waals surface area contributed by atoms with E-state index in [1.54, 1.807) is 20.5 Å². The molecular weight excluding hydrogens is 318 g/mol. The molecular formula is C17H27N7O. The molecule has 2 N–H and O–H groups in total. The lowest BCUT2D eigenvalue weighted by Crippen LogP contribution is -2.38. The molecule has 0 fully saturated rings. The van der Waals surface area contributed by atoms with Crippen LogP contribution in [0.1, 0.15) is 29.6 Å². The molecule has 0 unspecified atom stereocenters. The van der Waals surface area contributed by atoms with Gasteiger partial charge in [0.2, 0.25) is 0 Å². The summed E-state index contributed by atoms with van der Waals surface area (Å²) in [5.74, 6) is 2.60. The Bertz CT molecular complexity index is 724. The molecule has 0 aromatic carbocycles. The van der Waals surface area contributed by atoms with Crippen LogP contribution in [0, 0.1) is 13.8 Å². The van der Waals surface area contributed by atoms with E-state index >= 15 is 0 Å². The minimum Gasteiger partial charge on any atom is -0.496 e. The van der Waals surface area contributed by atoms with E-state index in [0.29, 0.717) is 6.54 Å². The van der Waals surface area contributed by atoms with Gasteiger partial charge < -0.3 is 19.9 Å². The number of nitrogens with one attached hydrogen (secondary N) is 2. The molecule has 0 spiro atoms. The largest absolute Gasteiger partial charge is 0.496 e. The minimum absolute atomic E-state index is 0.578. The van der Waals surface area contributed by atoms with Gasteiger partial charge in [-0.1, -0.05) is 6.92 Å². The Balaban J connectivity index is 1.89. The van der Waals surface area contributed by atoms with Gasteiger partial charge in [-0.15, -0.1) is 10.2 Å². The highest BCUT2D eigenvalue weighted by atomic mass is 16.5. The molecule has 2 aromatic heterocycles. The van der Waals surface area contributed by atoms with E-state index in [1.807, 2.05) is 24.6 Å². The second-order valence-corrected chi connectivity index (χ2v) is 5.69. The number of aromatic nitrogens is 4. The number of pyridine rings is 1. The van der Waals surface area contributed by atoms with Crippen LogP contribution in [0.4, 0.5) is 0 Å². The summed E-state index contributed by atoms with van der Waals surface area (Å²) in [6.07, 6.45) is 4.45. The third-order valence-electron chi connectivity index (χ3n) is 4.05. The summed E-state index contributed by atoms with van der Waals surface area (Å²) < 4.78 is 7.49. The summed E-state index contributed by atoms with van der Waals surface area (Å²) in [5, 5.41) is 14.6. The molecule has 0 aliphatic carbocycles. The smallest absolute Gasteiger partial charge is 0.191 e. The molecule has 0 saturated heterocycles. The van der Waals surface area contributed by atoms with Crippen LogP contribution in [0.25, 0.3) is 0 Å². The zero-order valence-electron chi connectivity index (χ0n) is 15.6. The van der Waals surface area contributed by atoms with Crippen LogP contribution in [0.3, 0.4) is 0 Å². The zero-order valence-corrected chi connectivity index (χ0v) is 15.6. The number of aliphatic imine (C=N–C) groups is 1. The van der Waals surface area contributed by atoms with Gasteiger partial charge in [-0.2, -0.15) is 0 Å². The first-order valence-electron chi connectivity index (χ1n) is 8.40. The lowest BCUT2D eigenvalue weighted by atomic mass is 10.1. The highest BCUT2D eigenvalue weighted by Crippen LogP contribution is 2.23. The second kappa shape index (κ2) is 9.00.